The molecule has 1 aliphatic rings. The molecular weight excluding hydrogens is 406 g/mol. The Bertz CT molecular complexity index is 894. The molecular formula is C18H18BrNO4S. The summed E-state index contributed by atoms with van der Waals surface area (Å²) in [5, 5.41) is 8.89. The van der Waals surface area contributed by atoms with E-state index in [1.165, 1.54) is 0 Å². The van der Waals surface area contributed by atoms with Crippen molar-refractivity contribution in [3.63, 3.8) is 0 Å². The quantitative estimate of drug-likeness (QED) is 0.747. The first kappa shape index (κ1) is 18.1. The minimum Gasteiger partial charge on any atom is -0.481 e. The lowest BCUT2D eigenvalue weighted by Gasteiger charge is -2.14. The van der Waals surface area contributed by atoms with Crippen LogP contribution in [-0.4, -0.2) is 26.0 Å². The number of carboxylic acid groups (broad SMARTS) is 1. The van der Waals surface area contributed by atoms with E-state index < -0.39 is 16.0 Å². The number of carbonyl (C=O) groups is 1. The molecule has 1 aliphatic carbocycles. The molecule has 1 unspecified atom stereocenters. The number of aryl methyl sites for hydroxylation is 1. The number of halogens is 1. The van der Waals surface area contributed by atoms with Crippen LogP contribution in [0.1, 0.15) is 29.0 Å². The van der Waals surface area contributed by atoms with Gasteiger partial charge in [-0.1, -0.05) is 34.1 Å². The summed E-state index contributed by atoms with van der Waals surface area (Å²) < 4.78 is 28.3. The Morgan fingerprint density at radius 3 is 2.60 bits per heavy atom. The highest BCUT2D eigenvalue weighted by Gasteiger charge is 2.25. The first-order valence-corrected chi connectivity index (χ1v) is 10.2. The molecule has 0 fully saturated rings. The van der Waals surface area contributed by atoms with Crippen LogP contribution in [0.4, 0.5) is 0 Å². The Morgan fingerprint density at radius 2 is 1.92 bits per heavy atom. The maximum absolute atomic E-state index is 12.4. The highest BCUT2D eigenvalue weighted by Crippen LogP contribution is 2.33. The minimum absolute atomic E-state index is 0.00808. The smallest absolute Gasteiger partial charge is 0.307 e. The van der Waals surface area contributed by atoms with Gasteiger partial charge in [-0.15, -0.1) is 0 Å². The zero-order valence-corrected chi connectivity index (χ0v) is 15.8. The molecule has 0 heterocycles. The molecule has 0 amide bonds. The number of hydrogen-bond acceptors (Lipinski definition) is 3. The number of hydrogen-bond donors (Lipinski definition) is 2. The van der Waals surface area contributed by atoms with Crippen molar-refractivity contribution in [1.29, 1.82) is 0 Å². The molecule has 2 N–H and O–H groups in total. The Morgan fingerprint density at radius 1 is 1.20 bits per heavy atom. The molecule has 0 aliphatic heterocycles. The van der Waals surface area contributed by atoms with Crippen LogP contribution in [0.5, 0.6) is 0 Å². The molecule has 7 heteroatoms. The van der Waals surface area contributed by atoms with Gasteiger partial charge in [-0.05, 0) is 59.7 Å². The number of sulfonamides is 1. The number of benzene rings is 2. The van der Waals surface area contributed by atoms with E-state index in [-0.39, 0.29) is 17.2 Å². The van der Waals surface area contributed by atoms with Gasteiger partial charge in [-0.3, -0.25) is 4.79 Å². The molecule has 25 heavy (non-hydrogen) atoms. The number of fused-ring (bicyclic) bond motifs is 1. The number of nitrogens with one attached hydrogen (secondary N) is 1. The molecule has 0 bridgehead atoms. The molecule has 0 aromatic heterocycles. The van der Waals surface area contributed by atoms with Crippen LogP contribution in [0.25, 0.3) is 0 Å². The predicted molar refractivity (Wildman–Crippen MR) is 98.2 cm³/mol. The highest BCUT2D eigenvalue weighted by molar-refractivity contribution is 9.10. The predicted octanol–water partition coefficient (Wildman–Crippen LogP) is 3.08. The maximum atomic E-state index is 12.4. The highest BCUT2D eigenvalue weighted by atomic mass is 79.9. The zero-order chi connectivity index (χ0) is 18.0. The molecule has 3 rings (SSSR count). The van der Waals surface area contributed by atoms with E-state index in [1.807, 2.05) is 18.2 Å². The van der Waals surface area contributed by atoms with Crippen molar-refractivity contribution in [2.45, 2.75) is 30.1 Å². The molecule has 0 saturated heterocycles. The fourth-order valence-corrected chi connectivity index (χ4v) is 4.51. The summed E-state index contributed by atoms with van der Waals surface area (Å²) >= 11 is 3.29. The summed E-state index contributed by atoms with van der Waals surface area (Å²) in [6, 6.07) is 12.2. The number of rotatable bonds is 6. The van der Waals surface area contributed by atoms with E-state index >= 15 is 0 Å². The summed E-state index contributed by atoms with van der Waals surface area (Å²) in [6.45, 7) is 0.337. The second-order valence-corrected chi connectivity index (χ2v) is 8.83. The fraction of sp³-hybridized carbons (Fsp3) is 0.278. The second kappa shape index (κ2) is 7.27. The monoisotopic (exact) mass is 423 g/mol. The average Bonchev–Trinajstić information content (AvgIpc) is 2.95. The number of aliphatic carboxylic acids is 1. The summed E-state index contributed by atoms with van der Waals surface area (Å²) in [5.74, 6) is -0.740. The van der Waals surface area contributed by atoms with Crippen molar-refractivity contribution >= 4 is 31.9 Å². The summed E-state index contributed by atoms with van der Waals surface area (Å²) in [6.07, 6.45) is 1.70. The molecule has 2 aromatic rings. The van der Waals surface area contributed by atoms with Crippen LogP contribution in [0, 0.1) is 0 Å². The molecule has 132 valence electrons. The van der Waals surface area contributed by atoms with Gasteiger partial charge in [0.25, 0.3) is 0 Å². The van der Waals surface area contributed by atoms with Gasteiger partial charge in [-0.2, -0.15) is 0 Å². The van der Waals surface area contributed by atoms with Gasteiger partial charge >= 0.3 is 5.97 Å². The Balaban J connectivity index is 1.70. The summed E-state index contributed by atoms with van der Waals surface area (Å²) in [4.78, 5) is 11.1. The van der Waals surface area contributed by atoms with Crippen molar-refractivity contribution in [3.8, 4) is 0 Å². The van der Waals surface area contributed by atoms with Crippen LogP contribution in [-0.2, 0) is 27.7 Å². The first-order chi connectivity index (χ1) is 11.8. The lowest BCUT2D eigenvalue weighted by Crippen LogP contribution is -2.28. The average molecular weight is 424 g/mol. The normalized spacial score (nSPS) is 16.6. The topological polar surface area (TPSA) is 83.5 Å². The van der Waals surface area contributed by atoms with Crippen molar-refractivity contribution in [3.05, 3.63) is 63.6 Å². The molecule has 1 atom stereocenters. The van der Waals surface area contributed by atoms with Gasteiger partial charge in [0.05, 0.1) is 11.3 Å². The van der Waals surface area contributed by atoms with Crippen LogP contribution in [0.15, 0.2) is 51.8 Å². The van der Waals surface area contributed by atoms with Gasteiger partial charge < -0.3 is 5.11 Å². The van der Waals surface area contributed by atoms with Gasteiger partial charge in [0.1, 0.15) is 0 Å². The fourth-order valence-electron chi connectivity index (χ4n) is 3.16. The molecule has 5 nitrogen and oxygen atoms in total. The summed E-state index contributed by atoms with van der Waals surface area (Å²) in [5.41, 5.74) is 3.00. The Hall–Kier alpha value is -1.70. The zero-order valence-electron chi connectivity index (χ0n) is 13.4. The second-order valence-electron chi connectivity index (χ2n) is 6.15. The standard InChI is InChI=1S/C18H18BrNO4S/c19-15-4-6-16(7-5-15)25(23,24)20-11-14-3-2-13-9-12(10-18(21)22)1-8-17(13)14/h1,4-9,14,20H,2-3,10-11H2,(H,21,22). The third-order valence-corrected chi connectivity index (χ3v) is 6.38. The van der Waals surface area contributed by atoms with Crippen LogP contribution in [0.2, 0.25) is 0 Å². The van der Waals surface area contributed by atoms with E-state index in [0.29, 0.717) is 6.54 Å². The van der Waals surface area contributed by atoms with Gasteiger partial charge in [-0.25, -0.2) is 13.1 Å². The van der Waals surface area contributed by atoms with Crippen LogP contribution in [0.3, 0.4) is 0 Å². The summed E-state index contributed by atoms with van der Waals surface area (Å²) in [7, 11) is -3.54. The molecule has 0 radical (unpaired) electrons. The number of carboxylic acids is 1. The van der Waals surface area contributed by atoms with E-state index in [4.69, 9.17) is 5.11 Å². The van der Waals surface area contributed by atoms with Crippen molar-refractivity contribution in [1.82, 2.24) is 4.72 Å². The van der Waals surface area contributed by atoms with Crippen LogP contribution >= 0.6 is 15.9 Å². The van der Waals surface area contributed by atoms with E-state index in [1.54, 1.807) is 24.3 Å². The third-order valence-electron chi connectivity index (χ3n) is 4.41. The van der Waals surface area contributed by atoms with Crippen LogP contribution < -0.4 is 4.72 Å². The van der Waals surface area contributed by atoms with Gasteiger partial charge in [0.2, 0.25) is 10.0 Å². The van der Waals surface area contributed by atoms with E-state index in [0.717, 1.165) is 34.0 Å². The van der Waals surface area contributed by atoms with E-state index in [2.05, 4.69) is 20.7 Å². The first-order valence-electron chi connectivity index (χ1n) is 7.94. The van der Waals surface area contributed by atoms with Crippen molar-refractivity contribution in [2.24, 2.45) is 0 Å². The third kappa shape index (κ3) is 4.29. The van der Waals surface area contributed by atoms with Crippen molar-refractivity contribution < 1.29 is 18.3 Å². The Kier molecular flexibility index (Phi) is 5.27. The Labute approximate surface area is 155 Å². The van der Waals surface area contributed by atoms with Gasteiger partial charge in [0.15, 0.2) is 0 Å². The maximum Gasteiger partial charge on any atom is 0.307 e. The lowest BCUT2D eigenvalue weighted by molar-refractivity contribution is -0.136. The SMILES string of the molecule is O=C(O)Cc1ccc2c(c1)CCC2CNS(=O)(=O)c1ccc(Br)cc1. The van der Waals surface area contributed by atoms with Gasteiger partial charge in [0, 0.05) is 11.0 Å². The molecule has 2 aromatic carbocycles. The molecule has 0 saturated carbocycles. The minimum atomic E-state index is -3.54. The largest absolute Gasteiger partial charge is 0.481 e. The molecule has 0 spiro atoms. The lowest BCUT2D eigenvalue weighted by atomic mass is 9.99. The van der Waals surface area contributed by atoms with Crippen molar-refractivity contribution in [2.75, 3.05) is 6.54 Å². The van der Waals surface area contributed by atoms with E-state index in [9.17, 15) is 13.2 Å².